The van der Waals surface area contributed by atoms with Crippen LogP contribution in [0.3, 0.4) is 0 Å². The molecule has 1 aromatic heterocycles. The summed E-state index contributed by atoms with van der Waals surface area (Å²) in [7, 11) is 0. The molecule has 1 amide bonds. The Hall–Kier alpha value is -3.61. The van der Waals surface area contributed by atoms with Crippen molar-refractivity contribution in [1.29, 1.82) is 0 Å². The van der Waals surface area contributed by atoms with Gasteiger partial charge in [0.25, 0.3) is 5.91 Å². The van der Waals surface area contributed by atoms with Crippen molar-refractivity contribution in [3.63, 3.8) is 0 Å². The number of carboxylic acids is 1. The van der Waals surface area contributed by atoms with E-state index < -0.39 is 102 Å². The number of benzene rings is 2. The van der Waals surface area contributed by atoms with Crippen molar-refractivity contribution in [2.24, 2.45) is 0 Å². The molecule has 0 unspecified atom stereocenters. The van der Waals surface area contributed by atoms with Crippen molar-refractivity contribution in [2.45, 2.75) is 6.90 Å². The highest BCUT2D eigenvalue weighted by atomic mass is 16.5. The third kappa shape index (κ3) is 3.56. The predicted molar refractivity (Wildman–Crippen MR) is 94.6 cm³/mol. The molecule has 0 aliphatic carbocycles. The maximum atomic E-state index is 12.3. The number of rotatable bonds is 5. The van der Waals surface area contributed by atoms with E-state index in [1.165, 1.54) is 0 Å². The van der Waals surface area contributed by atoms with Gasteiger partial charge in [0, 0.05) is 17.8 Å². The van der Waals surface area contributed by atoms with Crippen LogP contribution in [0.5, 0.6) is 17.2 Å². The molecule has 0 saturated heterocycles. The third-order valence-electron chi connectivity index (χ3n) is 3.08. The van der Waals surface area contributed by atoms with Gasteiger partial charge in [0.15, 0.2) is 11.4 Å². The highest BCUT2D eigenvalue weighted by Crippen LogP contribution is 2.33. The first-order chi connectivity index (χ1) is 16.3. The number of ether oxygens (including phenoxy) is 1. The van der Waals surface area contributed by atoms with Gasteiger partial charge in [-0.1, -0.05) is 18.1 Å². The zero-order chi connectivity index (χ0) is 26.4. The first kappa shape index (κ1) is 9.19. The average molecular weight is 361 g/mol. The van der Waals surface area contributed by atoms with Gasteiger partial charge < -0.3 is 20.3 Å². The van der Waals surface area contributed by atoms with Gasteiger partial charge in [-0.15, -0.1) is 0 Å². The second-order valence-corrected chi connectivity index (χ2v) is 4.84. The lowest BCUT2D eigenvalue weighted by Gasteiger charge is -2.12. The molecular weight excluding hydrogens is 336 g/mol. The van der Waals surface area contributed by atoms with E-state index in [4.69, 9.17) is 22.2 Å². The van der Waals surface area contributed by atoms with Gasteiger partial charge in [-0.25, -0.2) is 4.98 Å². The molecule has 0 atom stereocenters. The number of amides is 1. The Morgan fingerprint density at radius 1 is 1.19 bits per heavy atom. The van der Waals surface area contributed by atoms with Gasteiger partial charge in [-0.2, -0.15) is 0 Å². The smallest absolute Gasteiger partial charge is 0.322 e. The SMILES string of the molecule is [2H]Cc1nc(C(=O)NCC(=O)O)c(O)c2c([2H])c([2H])c(Oc3c([2H])c([2H])c([2H])c([2H])c3[2H])c([2H])c12. The lowest BCUT2D eigenvalue weighted by Crippen LogP contribution is -2.30. The van der Waals surface area contributed by atoms with E-state index in [1.54, 1.807) is 0 Å². The second-order valence-electron chi connectivity index (χ2n) is 4.84. The Labute approximate surface area is 161 Å². The van der Waals surface area contributed by atoms with Crippen molar-refractivity contribution >= 4 is 22.6 Å². The largest absolute Gasteiger partial charge is 0.505 e. The number of aromatic hydroxyl groups is 1. The summed E-state index contributed by atoms with van der Waals surface area (Å²) in [5.41, 5.74) is -1.00. The van der Waals surface area contributed by atoms with Crippen LogP contribution >= 0.6 is 0 Å². The van der Waals surface area contributed by atoms with E-state index in [9.17, 15) is 14.7 Å². The van der Waals surface area contributed by atoms with Crippen molar-refractivity contribution in [2.75, 3.05) is 6.54 Å². The maximum Gasteiger partial charge on any atom is 0.322 e. The number of aromatic nitrogens is 1. The van der Waals surface area contributed by atoms with Crippen LogP contribution in [0.1, 0.15) is 28.5 Å². The predicted octanol–water partition coefficient (Wildman–Crippen LogP) is 2.86. The standard InChI is InChI=1S/C19H16N2O5/c1-11-15-9-13(26-12-5-3-2-4-6-12)7-8-14(15)18(24)17(21-11)19(25)20-10-16(22)23/h2-9,24H,10H2,1H3,(H,20,25)(H,22,23)/i1D,2D,3D,4D,5D,6D,7D,8D,9D. The van der Waals surface area contributed by atoms with E-state index in [0.717, 1.165) is 0 Å². The normalized spacial score (nSPS) is 15.3. The minimum absolute atomic E-state index is 0.289. The number of pyridine rings is 1. The monoisotopic (exact) mass is 361 g/mol. The summed E-state index contributed by atoms with van der Waals surface area (Å²) in [5, 5.41) is 20.5. The van der Waals surface area contributed by atoms with Gasteiger partial charge in [-0.3, -0.25) is 9.59 Å². The van der Waals surface area contributed by atoms with E-state index in [2.05, 4.69) is 4.98 Å². The summed E-state index contributed by atoms with van der Waals surface area (Å²) in [6.45, 7) is -1.47. The van der Waals surface area contributed by atoms with Crippen molar-refractivity contribution < 1.29 is 36.9 Å². The molecule has 0 aliphatic heterocycles. The zero-order valence-corrected chi connectivity index (χ0v) is 13.0. The Balaban J connectivity index is 2.30. The van der Waals surface area contributed by atoms with Crippen LogP contribution in [0.15, 0.2) is 48.3 Å². The number of para-hydroxylation sites is 1. The molecule has 0 spiro atoms. The fourth-order valence-corrected chi connectivity index (χ4v) is 1.99. The van der Waals surface area contributed by atoms with Gasteiger partial charge in [0.1, 0.15) is 18.0 Å². The second kappa shape index (κ2) is 7.10. The van der Waals surface area contributed by atoms with Crippen LogP contribution in [0, 0.1) is 6.90 Å². The van der Waals surface area contributed by atoms with Gasteiger partial charge in [0.2, 0.25) is 0 Å². The first-order valence-corrected chi connectivity index (χ1v) is 7.02. The Morgan fingerprint density at radius 2 is 1.96 bits per heavy atom. The summed E-state index contributed by atoms with van der Waals surface area (Å²) in [6, 6.07) is -5.92. The molecule has 3 rings (SSSR count). The number of carbonyl (C=O) groups is 2. The number of nitrogens with one attached hydrogen (secondary N) is 1. The molecule has 0 bridgehead atoms. The Kier molecular flexibility index (Phi) is 2.51. The molecule has 0 aliphatic rings. The number of nitrogens with zero attached hydrogens (tertiary/aromatic N) is 1. The molecule has 132 valence electrons. The molecule has 3 aromatic rings. The summed E-state index contributed by atoms with van der Waals surface area (Å²) in [6.07, 6.45) is 0. The van der Waals surface area contributed by atoms with E-state index in [-0.39, 0.29) is 11.1 Å². The topological polar surface area (TPSA) is 109 Å². The lowest BCUT2D eigenvalue weighted by molar-refractivity contribution is -0.135. The minimum atomic E-state index is -1.38. The molecule has 7 heteroatoms. The van der Waals surface area contributed by atoms with E-state index in [0.29, 0.717) is 0 Å². The molecule has 26 heavy (non-hydrogen) atoms. The summed E-state index contributed by atoms with van der Waals surface area (Å²) < 4.78 is 77.2. The van der Waals surface area contributed by atoms with Crippen LogP contribution < -0.4 is 10.1 Å². The van der Waals surface area contributed by atoms with Crippen molar-refractivity contribution in [1.82, 2.24) is 10.3 Å². The minimum Gasteiger partial charge on any atom is -0.505 e. The fraction of sp³-hybridized carbons (Fsp3) is 0.105. The number of hydrogen-bond acceptors (Lipinski definition) is 5. The molecule has 7 nitrogen and oxygen atoms in total. The Bertz CT molecular complexity index is 1390. The van der Waals surface area contributed by atoms with Crippen LogP contribution in [0.25, 0.3) is 10.8 Å². The highest BCUT2D eigenvalue weighted by Gasteiger charge is 2.18. The number of carbonyl (C=O) groups excluding carboxylic acids is 1. The number of aliphatic carboxylic acids is 1. The van der Waals surface area contributed by atoms with Crippen LogP contribution in [-0.4, -0.2) is 33.6 Å². The number of hydrogen-bond donors (Lipinski definition) is 3. The lowest BCUT2D eigenvalue weighted by atomic mass is 10.1. The van der Waals surface area contributed by atoms with Gasteiger partial charge in [0.05, 0.1) is 11.0 Å². The van der Waals surface area contributed by atoms with Crippen molar-refractivity contribution in [3.8, 4) is 17.2 Å². The molecule has 3 N–H and O–H groups in total. The maximum absolute atomic E-state index is 12.3. The highest BCUT2D eigenvalue weighted by molar-refractivity contribution is 6.03. The number of aryl methyl sites for hydroxylation is 1. The first-order valence-electron chi connectivity index (χ1n) is 11.7. The van der Waals surface area contributed by atoms with Crippen LogP contribution in [0.2, 0.25) is 0 Å². The summed E-state index contributed by atoms with van der Waals surface area (Å²) in [4.78, 5) is 26.9. The van der Waals surface area contributed by atoms with Crippen LogP contribution in [-0.2, 0) is 4.79 Å². The molecule has 0 saturated carbocycles. The molecular formula is C19H16N2O5. The van der Waals surface area contributed by atoms with Gasteiger partial charge >= 0.3 is 5.97 Å². The van der Waals surface area contributed by atoms with E-state index >= 15 is 0 Å². The zero-order valence-electron chi connectivity index (χ0n) is 22.0. The summed E-state index contributed by atoms with van der Waals surface area (Å²) in [5.74, 6) is -4.83. The molecule has 1 heterocycles. The van der Waals surface area contributed by atoms with Crippen molar-refractivity contribution in [3.05, 3.63) is 59.7 Å². The summed E-state index contributed by atoms with van der Waals surface area (Å²) >= 11 is 0. The third-order valence-corrected chi connectivity index (χ3v) is 3.08. The molecule has 2 aromatic carbocycles. The average Bonchev–Trinajstić information content (AvgIpc) is 2.82. The number of fused-ring (bicyclic) bond motifs is 1. The van der Waals surface area contributed by atoms with E-state index in [1.807, 2.05) is 5.32 Å². The van der Waals surface area contributed by atoms with Crippen LogP contribution in [0.4, 0.5) is 0 Å². The number of carboxylic acid groups (broad SMARTS) is 1. The van der Waals surface area contributed by atoms with Gasteiger partial charge in [-0.05, 0) is 37.1 Å². The fourth-order valence-electron chi connectivity index (χ4n) is 1.99. The molecule has 0 radical (unpaired) electrons. The molecule has 0 fully saturated rings. The quantitative estimate of drug-likeness (QED) is 0.645. The Morgan fingerprint density at radius 3 is 2.65 bits per heavy atom.